The molecule has 0 radical (unpaired) electrons. The Morgan fingerprint density at radius 3 is 2.38 bits per heavy atom. The van der Waals surface area contributed by atoms with Gasteiger partial charge >= 0.3 is 0 Å². The smallest absolute Gasteiger partial charge is 0.249 e. The first-order valence-electron chi connectivity index (χ1n) is 11.7. The largest absolute Gasteiger partial charge is 0.369 e. The van der Waals surface area contributed by atoms with Gasteiger partial charge in [0.25, 0.3) is 0 Å². The maximum atomic E-state index is 13.3. The lowest BCUT2D eigenvalue weighted by Crippen LogP contribution is -2.65. The molecule has 3 fully saturated rings. The summed E-state index contributed by atoms with van der Waals surface area (Å²) in [6.45, 7) is 6.84. The molecule has 0 unspecified atom stereocenters. The summed E-state index contributed by atoms with van der Waals surface area (Å²) in [6, 6.07) is 10.9. The molecule has 6 rings (SSSR count). The number of rotatable bonds is 4. The van der Waals surface area contributed by atoms with E-state index in [0.29, 0.717) is 0 Å². The fraction of sp³-hybridized carbons (Fsp3) is 0.500. The number of likely N-dealkylation sites (N-methyl/N-ethyl adjacent to an activating group) is 1. The summed E-state index contributed by atoms with van der Waals surface area (Å²) in [5.74, 6) is -2.42. The number of likely N-dealkylation sites (tertiary alicyclic amines) is 1. The molecule has 0 atom stereocenters. The number of pyridine rings is 1. The lowest BCUT2D eigenvalue weighted by molar-refractivity contribution is -0.211. The third kappa shape index (κ3) is 3.63. The molecule has 6 heteroatoms. The van der Waals surface area contributed by atoms with Crippen LogP contribution in [0.4, 0.5) is 14.5 Å². The second-order valence-corrected chi connectivity index (χ2v) is 10.4. The summed E-state index contributed by atoms with van der Waals surface area (Å²) in [7, 11) is 2.18. The van der Waals surface area contributed by atoms with Gasteiger partial charge in [0, 0.05) is 87.1 Å². The minimum Gasteiger partial charge on any atom is -0.369 e. The fourth-order valence-electron chi connectivity index (χ4n) is 6.13. The van der Waals surface area contributed by atoms with Crippen LogP contribution in [0.5, 0.6) is 0 Å². The lowest BCUT2D eigenvalue weighted by Gasteiger charge is -2.58. The topological polar surface area (TPSA) is 22.6 Å². The molecular weight excluding hydrogens is 406 g/mol. The molecule has 0 bridgehead atoms. The van der Waals surface area contributed by atoms with Gasteiger partial charge in [-0.1, -0.05) is 23.8 Å². The van der Waals surface area contributed by atoms with Crippen molar-refractivity contribution in [1.29, 1.82) is 0 Å². The van der Waals surface area contributed by atoms with Crippen molar-refractivity contribution in [3.63, 3.8) is 0 Å². The molecule has 4 aliphatic rings. The highest BCUT2D eigenvalue weighted by Gasteiger charge is 2.61. The van der Waals surface area contributed by atoms with E-state index in [1.54, 1.807) is 0 Å². The second kappa shape index (κ2) is 7.35. The standard InChI is InChI=1S/C26H30F2N4/c1-30-8-10-32(11-9-30)22-4-2-20(3-5-22)24-23-13-19(12-21(23)6-7-29-24)14-31-17-25(18-31)15-26(27,28)16-25/h2-7,13H,8-12,14-18H2,1H3. The van der Waals surface area contributed by atoms with Crippen molar-refractivity contribution in [3.05, 3.63) is 53.2 Å². The number of hydrogen-bond donors (Lipinski definition) is 0. The highest BCUT2D eigenvalue weighted by molar-refractivity contribution is 5.78. The van der Waals surface area contributed by atoms with E-state index in [4.69, 9.17) is 4.98 Å². The number of anilines is 1. The molecule has 1 saturated carbocycles. The van der Waals surface area contributed by atoms with E-state index in [9.17, 15) is 8.78 Å². The molecule has 2 aromatic rings. The predicted octanol–water partition coefficient (Wildman–Crippen LogP) is 4.17. The number of nitrogens with zero attached hydrogens (tertiary/aromatic N) is 4. The van der Waals surface area contributed by atoms with Crippen molar-refractivity contribution in [1.82, 2.24) is 14.8 Å². The van der Waals surface area contributed by atoms with E-state index in [1.807, 2.05) is 6.20 Å². The van der Waals surface area contributed by atoms with Gasteiger partial charge in [0.2, 0.25) is 5.92 Å². The first-order chi connectivity index (χ1) is 15.4. The van der Waals surface area contributed by atoms with Gasteiger partial charge in [-0.25, -0.2) is 8.78 Å². The summed E-state index contributed by atoms with van der Waals surface area (Å²) in [4.78, 5) is 11.9. The van der Waals surface area contributed by atoms with Crippen LogP contribution in [0.1, 0.15) is 24.0 Å². The van der Waals surface area contributed by atoms with Crippen LogP contribution in [0, 0.1) is 5.41 Å². The van der Waals surface area contributed by atoms with Gasteiger partial charge < -0.3 is 9.80 Å². The number of alkyl halides is 2. The Morgan fingerprint density at radius 1 is 0.969 bits per heavy atom. The van der Waals surface area contributed by atoms with Crippen LogP contribution in [0.25, 0.3) is 17.3 Å². The van der Waals surface area contributed by atoms with Crippen LogP contribution < -0.4 is 4.90 Å². The van der Waals surface area contributed by atoms with Crippen LogP contribution in [0.15, 0.2) is 42.1 Å². The monoisotopic (exact) mass is 436 g/mol. The van der Waals surface area contributed by atoms with E-state index >= 15 is 0 Å². The molecule has 2 saturated heterocycles. The summed E-state index contributed by atoms with van der Waals surface area (Å²) < 4.78 is 26.6. The molecule has 4 nitrogen and oxygen atoms in total. The van der Waals surface area contributed by atoms with Crippen LogP contribution in [-0.4, -0.2) is 73.6 Å². The number of benzene rings is 1. The Kier molecular flexibility index (Phi) is 4.67. The molecule has 168 valence electrons. The summed E-state index contributed by atoms with van der Waals surface area (Å²) >= 11 is 0. The van der Waals surface area contributed by atoms with Crippen molar-refractivity contribution in [3.8, 4) is 11.3 Å². The van der Waals surface area contributed by atoms with E-state index in [2.05, 4.69) is 58.2 Å². The van der Waals surface area contributed by atoms with E-state index in [1.165, 1.54) is 22.4 Å². The van der Waals surface area contributed by atoms with Crippen molar-refractivity contribution in [2.45, 2.75) is 25.2 Å². The van der Waals surface area contributed by atoms with Crippen LogP contribution in [-0.2, 0) is 6.42 Å². The zero-order chi connectivity index (χ0) is 21.9. The molecule has 1 spiro atoms. The minimum absolute atomic E-state index is 0.0773. The zero-order valence-electron chi connectivity index (χ0n) is 18.7. The molecule has 2 aliphatic carbocycles. The van der Waals surface area contributed by atoms with Gasteiger partial charge in [0.15, 0.2) is 0 Å². The number of halogens is 2. The van der Waals surface area contributed by atoms with Crippen LogP contribution >= 0.6 is 0 Å². The Bertz CT molecular complexity index is 1040. The Hall–Kier alpha value is -2.31. The quantitative estimate of drug-likeness (QED) is 0.718. The molecule has 2 aliphatic heterocycles. The van der Waals surface area contributed by atoms with E-state index in [-0.39, 0.29) is 18.3 Å². The maximum absolute atomic E-state index is 13.3. The molecular formula is C26H30F2N4. The molecule has 0 amide bonds. The van der Waals surface area contributed by atoms with Crippen LogP contribution in [0.3, 0.4) is 0 Å². The van der Waals surface area contributed by atoms with Gasteiger partial charge in [-0.2, -0.15) is 0 Å². The highest BCUT2D eigenvalue weighted by Crippen LogP contribution is 2.56. The molecule has 1 aromatic heterocycles. The first-order valence-corrected chi connectivity index (χ1v) is 11.7. The summed E-state index contributed by atoms with van der Waals surface area (Å²) in [6.07, 6.45) is 5.28. The van der Waals surface area contributed by atoms with Gasteiger partial charge in [0.1, 0.15) is 0 Å². The van der Waals surface area contributed by atoms with Gasteiger partial charge in [-0.3, -0.25) is 9.88 Å². The molecule has 32 heavy (non-hydrogen) atoms. The average Bonchev–Trinajstić information content (AvgIpc) is 3.14. The number of piperazine rings is 1. The number of fused-ring (bicyclic) bond motifs is 1. The first kappa shape index (κ1) is 20.3. The highest BCUT2D eigenvalue weighted by atomic mass is 19.3. The van der Waals surface area contributed by atoms with Crippen molar-refractivity contribution < 1.29 is 8.78 Å². The predicted molar refractivity (Wildman–Crippen MR) is 124 cm³/mol. The minimum atomic E-state index is -2.42. The lowest BCUT2D eigenvalue weighted by atomic mass is 9.61. The zero-order valence-corrected chi connectivity index (χ0v) is 18.7. The van der Waals surface area contributed by atoms with Crippen LogP contribution in [0.2, 0.25) is 0 Å². The SMILES string of the molecule is CN1CCN(c2ccc(-c3nccc4c3C=C(CN3CC5(C3)CC(F)(F)C5)C4)cc2)CC1. The Balaban J connectivity index is 1.14. The van der Waals surface area contributed by atoms with Gasteiger partial charge in [0.05, 0.1) is 5.69 Å². The normalized spacial score (nSPS) is 24.1. The Labute approximate surface area is 188 Å². The second-order valence-electron chi connectivity index (χ2n) is 10.4. The molecule has 3 heterocycles. The van der Waals surface area contributed by atoms with E-state index < -0.39 is 5.92 Å². The average molecular weight is 437 g/mol. The number of aromatic nitrogens is 1. The summed E-state index contributed by atoms with van der Waals surface area (Å²) in [5, 5.41) is 0. The van der Waals surface area contributed by atoms with Crippen molar-refractivity contribution in [2.24, 2.45) is 5.41 Å². The third-order valence-corrected chi connectivity index (χ3v) is 7.67. The summed E-state index contributed by atoms with van der Waals surface area (Å²) in [5.41, 5.74) is 7.27. The Morgan fingerprint density at radius 2 is 1.69 bits per heavy atom. The van der Waals surface area contributed by atoms with Gasteiger partial charge in [-0.05, 0) is 37.2 Å². The fourth-order valence-corrected chi connectivity index (χ4v) is 6.13. The maximum Gasteiger partial charge on any atom is 0.249 e. The molecule has 0 N–H and O–H groups in total. The van der Waals surface area contributed by atoms with Gasteiger partial charge in [-0.15, -0.1) is 0 Å². The number of hydrogen-bond acceptors (Lipinski definition) is 4. The van der Waals surface area contributed by atoms with Crippen molar-refractivity contribution >= 4 is 11.8 Å². The van der Waals surface area contributed by atoms with E-state index in [0.717, 1.165) is 63.5 Å². The van der Waals surface area contributed by atoms with Crippen molar-refractivity contribution in [2.75, 3.05) is 57.8 Å². The third-order valence-electron chi connectivity index (χ3n) is 7.67. The molecule has 1 aromatic carbocycles.